The summed E-state index contributed by atoms with van der Waals surface area (Å²) in [5.41, 5.74) is 1.06. The Hall–Kier alpha value is -3.05. The maximum Gasteiger partial charge on any atom is 0.302 e. The van der Waals surface area contributed by atoms with Gasteiger partial charge in [0.15, 0.2) is 8.32 Å². The van der Waals surface area contributed by atoms with Crippen LogP contribution in [0, 0.1) is 11.8 Å². The Morgan fingerprint density at radius 2 is 1.36 bits per heavy atom. The lowest BCUT2D eigenvalue weighted by molar-refractivity contribution is -0.150. The number of carbonyl (C=O) groups is 2. The number of amides is 1. The molecular weight excluding hydrogens is 655 g/mol. The number of rotatable bonds is 17. The van der Waals surface area contributed by atoms with E-state index in [4.69, 9.17) is 13.6 Å². The Morgan fingerprint density at radius 3 is 1.82 bits per heavy atom. The highest BCUT2D eigenvalue weighted by atomic mass is 28.4. The highest BCUT2D eigenvalue weighted by Gasteiger charge is 2.51. The highest BCUT2D eigenvalue weighted by Crippen LogP contribution is 2.39. The molecule has 2 rings (SSSR count). The van der Waals surface area contributed by atoms with Gasteiger partial charge in [-0.15, -0.1) is 0 Å². The molecule has 0 saturated carbocycles. The van der Waals surface area contributed by atoms with Gasteiger partial charge in [0.1, 0.15) is 6.10 Å². The summed E-state index contributed by atoms with van der Waals surface area (Å²) in [6.07, 6.45) is 9.80. The van der Waals surface area contributed by atoms with Crippen molar-refractivity contribution < 1.29 is 23.2 Å². The molecule has 0 aliphatic heterocycles. The van der Waals surface area contributed by atoms with Crippen molar-refractivity contribution in [3.8, 4) is 0 Å². The van der Waals surface area contributed by atoms with Crippen LogP contribution in [0.25, 0.3) is 0 Å². The number of nitrogens with one attached hydrogen (secondary N) is 1. The fourth-order valence-corrected chi connectivity index (χ4v) is 11.7. The van der Waals surface area contributed by atoms with Gasteiger partial charge in [-0.2, -0.15) is 0 Å². The van der Waals surface area contributed by atoms with Crippen molar-refractivity contribution in [2.75, 3.05) is 13.2 Å². The van der Waals surface area contributed by atoms with E-state index in [0.717, 1.165) is 12.0 Å². The van der Waals surface area contributed by atoms with Crippen LogP contribution in [0.2, 0.25) is 23.2 Å². The second-order valence-electron chi connectivity index (χ2n) is 16.3. The van der Waals surface area contributed by atoms with Crippen molar-refractivity contribution in [1.29, 1.82) is 0 Å². The van der Waals surface area contributed by atoms with Gasteiger partial charge in [-0.05, 0) is 58.9 Å². The van der Waals surface area contributed by atoms with E-state index in [0.29, 0.717) is 13.2 Å². The van der Waals surface area contributed by atoms with Gasteiger partial charge in [0.2, 0.25) is 5.91 Å². The quantitative estimate of drug-likeness (QED) is 0.0767. The summed E-state index contributed by atoms with van der Waals surface area (Å²) in [6.45, 7) is 28.7. The smallest absolute Gasteiger partial charge is 0.302 e. The van der Waals surface area contributed by atoms with Crippen molar-refractivity contribution in [3.05, 3.63) is 96.6 Å². The molecule has 0 aliphatic rings. The average Bonchev–Trinajstić information content (AvgIpc) is 3.02. The van der Waals surface area contributed by atoms with Gasteiger partial charge in [-0.1, -0.05) is 153 Å². The van der Waals surface area contributed by atoms with Crippen LogP contribution in [0.1, 0.15) is 82.6 Å². The van der Waals surface area contributed by atoms with E-state index in [1.54, 1.807) is 6.08 Å². The molecule has 0 heterocycles. The standard InChI is InChI=1S/C42H65NO5Si2/c1-32(2)40(47-35(5)44)34(4)26-27-39(45)43-29-20-21-33(3)31-36(28-30-46-49(12,13)41(6,7)8)48-50(42(9,10)11,37-22-16-14-17-23-37)38-24-18-15-19-25-38/h14-27,31-32,34,36,40H,28-30H2,1-13H3,(H,43,45)/b21-20+,27-26+,33-31+/t34-,36+,40-/m1/s1. The molecule has 8 heteroatoms. The van der Waals surface area contributed by atoms with Crippen LogP contribution in [0.5, 0.6) is 0 Å². The Bertz CT molecular complexity index is 1400. The molecule has 0 bridgehead atoms. The lowest BCUT2D eigenvalue weighted by atomic mass is 9.94. The maximum atomic E-state index is 12.6. The number of benzene rings is 2. The first-order valence-corrected chi connectivity index (χ1v) is 22.9. The maximum absolute atomic E-state index is 12.6. The molecule has 50 heavy (non-hydrogen) atoms. The predicted molar refractivity (Wildman–Crippen MR) is 215 cm³/mol. The molecule has 276 valence electrons. The summed E-state index contributed by atoms with van der Waals surface area (Å²) in [6, 6.07) is 21.5. The number of esters is 1. The molecular formula is C42H65NO5Si2. The normalized spacial score (nSPS) is 15.4. The molecule has 0 aliphatic carbocycles. The van der Waals surface area contributed by atoms with Crippen LogP contribution in [0.4, 0.5) is 0 Å². The van der Waals surface area contributed by atoms with Gasteiger partial charge in [-0.25, -0.2) is 0 Å². The lowest BCUT2D eigenvalue weighted by Gasteiger charge is -2.45. The van der Waals surface area contributed by atoms with Crippen molar-refractivity contribution in [2.45, 2.75) is 118 Å². The van der Waals surface area contributed by atoms with Crippen molar-refractivity contribution >= 4 is 38.9 Å². The second kappa shape index (κ2) is 19.0. The molecule has 0 fully saturated rings. The minimum Gasteiger partial charge on any atom is -0.462 e. The highest BCUT2D eigenvalue weighted by molar-refractivity contribution is 6.99. The minimum absolute atomic E-state index is 0.0848. The topological polar surface area (TPSA) is 73.9 Å². The number of allylic oxidation sites excluding steroid dienone is 2. The molecule has 6 nitrogen and oxygen atoms in total. The third-order valence-electron chi connectivity index (χ3n) is 9.67. The minimum atomic E-state index is -2.81. The third kappa shape index (κ3) is 12.6. The molecule has 2 aromatic carbocycles. The molecule has 0 unspecified atom stereocenters. The van der Waals surface area contributed by atoms with Gasteiger partial charge in [0.05, 0.1) is 6.10 Å². The Balaban J connectivity index is 2.36. The van der Waals surface area contributed by atoms with Crippen LogP contribution in [-0.2, 0) is 23.2 Å². The fraction of sp³-hybridized carbons (Fsp3) is 0.524. The van der Waals surface area contributed by atoms with Crippen LogP contribution in [0.15, 0.2) is 96.6 Å². The van der Waals surface area contributed by atoms with Crippen LogP contribution < -0.4 is 15.7 Å². The van der Waals surface area contributed by atoms with E-state index < -0.39 is 16.6 Å². The molecule has 0 aromatic heterocycles. The van der Waals surface area contributed by atoms with Crippen LogP contribution in [-0.4, -0.2) is 53.9 Å². The largest absolute Gasteiger partial charge is 0.462 e. The van der Waals surface area contributed by atoms with Crippen molar-refractivity contribution in [1.82, 2.24) is 5.32 Å². The second-order valence-corrected chi connectivity index (χ2v) is 25.4. The third-order valence-corrected chi connectivity index (χ3v) is 19.3. The van der Waals surface area contributed by atoms with Gasteiger partial charge >= 0.3 is 5.97 Å². The lowest BCUT2D eigenvalue weighted by Crippen LogP contribution is -2.67. The molecule has 3 atom stereocenters. The summed E-state index contributed by atoms with van der Waals surface area (Å²) >= 11 is 0. The Morgan fingerprint density at radius 1 is 0.820 bits per heavy atom. The summed E-state index contributed by atoms with van der Waals surface area (Å²) in [7, 11) is -4.76. The Labute approximate surface area is 306 Å². The van der Waals surface area contributed by atoms with Crippen molar-refractivity contribution in [3.63, 3.8) is 0 Å². The molecule has 1 amide bonds. The van der Waals surface area contributed by atoms with E-state index in [-0.39, 0.29) is 46.0 Å². The van der Waals surface area contributed by atoms with Gasteiger partial charge in [0, 0.05) is 26.0 Å². The van der Waals surface area contributed by atoms with Crippen LogP contribution in [0.3, 0.4) is 0 Å². The monoisotopic (exact) mass is 719 g/mol. The summed E-state index contributed by atoms with van der Waals surface area (Å²) in [4.78, 5) is 24.1. The van der Waals surface area contributed by atoms with E-state index in [1.807, 2.05) is 32.9 Å². The summed E-state index contributed by atoms with van der Waals surface area (Å²) in [5.74, 6) is -0.450. The van der Waals surface area contributed by atoms with E-state index in [1.165, 1.54) is 23.4 Å². The first kappa shape index (κ1) is 43.1. The number of carbonyl (C=O) groups excluding carboxylic acids is 2. The number of ether oxygens (including phenoxy) is 1. The van der Waals surface area contributed by atoms with E-state index >= 15 is 0 Å². The molecule has 0 spiro atoms. The first-order chi connectivity index (χ1) is 23.2. The average molecular weight is 720 g/mol. The molecule has 0 saturated heterocycles. The zero-order chi connectivity index (χ0) is 37.8. The number of hydrogen-bond donors (Lipinski definition) is 1. The molecule has 0 radical (unpaired) electrons. The summed E-state index contributed by atoms with van der Waals surface area (Å²) < 4.78 is 19.7. The Kier molecular flexibility index (Phi) is 16.4. The van der Waals surface area contributed by atoms with Gasteiger partial charge in [-0.3, -0.25) is 9.59 Å². The van der Waals surface area contributed by atoms with E-state index in [9.17, 15) is 9.59 Å². The molecule has 1 N–H and O–H groups in total. The zero-order valence-electron chi connectivity index (χ0n) is 33.1. The van der Waals surface area contributed by atoms with Crippen molar-refractivity contribution in [2.24, 2.45) is 11.8 Å². The predicted octanol–water partition coefficient (Wildman–Crippen LogP) is 8.74. The van der Waals surface area contributed by atoms with E-state index in [2.05, 4.69) is 134 Å². The zero-order valence-corrected chi connectivity index (χ0v) is 35.1. The first-order valence-electron chi connectivity index (χ1n) is 18.1. The van der Waals surface area contributed by atoms with Crippen LogP contribution >= 0.6 is 0 Å². The molecule has 2 aromatic rings. The number of hydrogen-bond acceptors (Lipinski definition) is 5. The van der Waals surface area contributed by atoms with Gasteiger partial charge < -0.3 is 18.9 Å². The fourth-order valence-electron chi connectivity index (χ4n) is 5.94. The summed E-state index contributed by atoms with van der Waals surface area (Å²) in [5, 5.41) is 5.38. The van der Waals surface area contributed by atoms with Gasteiger partial charge in [0.25, 0.3) is 8.32 Å². The SMILES string of the molecule is CC(=O)O[C@H](C(C)C)[C@H](C)/C=C/C(=O)NC/C=C/C(C)=C/[C@H](CCO[Si](C)(C)C(C)(C)C)O[Si](c1ccccc1)(c1ccccc1)C(C)(C)C.